The van der Waals surface area contributed by atoms with Crippen LogP contribution in [0.3, 0.4) is 0 Å². The molecule has 5 rings (SSSR count). The molecule has 0 spiro atoms. The van der Waals surface area contributed by atoms with Crippen LogP contribution in [-0.4, -0.2) is 27.1 Å². The molecule has 1 N–H and O–H groups in total. The van der Waals surface area contributed by atoms with Crippen molar-refractivity contribution in [1.82, 2.24) is 0 Å². The lowest BCUT2D eigenvalue weighted by Crippen LogP contribution is -2.25. The molecule has 2 aliphatic heterocycles. The van der Waals surface area contributed by atoms with Gasteiger partial charge in [-0.3, -0.25) is 0 Å². The number of nitrogens with zero attached hydrogens (tertiary/aromatic N) is 1. The molecule has 204 valence electrons. The summed E-state index contributed by atoms with van der Waals surface area (Å²) in [5.74, 6) is 2.99. The lowest BCUT2D eigenvalue weighted by molar-refractivity contribution is 0.174. The Hall–Kier alpha value is -3.50. The van der Waals surface area contributed by atoms with E-state index >= 15 is 0 Å². The third-order valence-corrected chi connectivity index (χ3v) is 9.03. The summed E-state index contributed by atoms with van der Waals surface area (Å²) in [6.07, 6.45) is 7.16. The number of fused-ring (bicyclic) bond motifs is 2. The van der Waals surface area contributed by atoms with Crippen LogP contribution in [-0.2, 0) is 11.2 Å². The first-order valence-electron chi connectivity index (χ1n) is 13.6. The molecule has 0 aliphatic carbocycles. The normalized spacial score (nSPS) is 16.9. The maximum absolute atomic E-state index is 10.6. The molecular weight excluding hydrogens is 508 g/mol. The van der Waals surface area contributed by atoms with Gasteiger partial charge in [-0.1, -0.05) is 54.8 Å². The van der Waals surface area contributed by atoms with Crippen LogP contribution in [0.15, 0.2) is 59.5 Å². The molecule has 0 saturated carbocycles. The summed E-state index contributed by atoms with van der Waals surface area (Å²) in [5, 5.41) is 14.3. The van der Waals surface area contributed by atoms with Crippen LogP contribution in [0.1, 0.15) is 55.2 Å². The SMILES string of the molecule is COc1ccc(C(C#N)(CCCCCC2CCc3cc4c(cc3N2)OCO4)Sc2ccc(C)cc2)cc1OC. The van der Waals surface area contributed by atoms with E-state index in [9.17, 15) is 5.26 Å². The van der Waals surface area contributed by atoms with Crippen LogP contribution in [0.4, 0.5) is 5.69 Å². The highest BCUT2D eigenvalue weighted by atomic mass is 32.2. The van der Waals surface area contributed by atoms with E-state index in [1.165, 1.54) is 16.8 Å². The number of rotatable bonds is 11. The number of thioether (sulfide) groups is 1. The van der Waals surface area contributed by atoms with Crippen LogP contribution in [0, 0.1) is 18.3 Å². The lowest BCUT2D eigenvalue weighted by atomic mass is 9.91. The van der Waals surface area contributed by atoms with Crippen molar-refractivity contribution in [3.8, 4) is 29.1 Å². The number of ether oxygens (including phenoxy) is 4. The van der Waals surface area contributed by atoms with Crippen LogP contribution in [0.25, 0.3) is 0 Å². The van der Waals surface area contributed by atoms with Crippen LogP contribution < -0.4 is 24.3 Å². The minimum absolute atomic E-state index is 0.303. The lowest BCUT2D eigenvalue weighted by Gasteiger charge is -2.28. The van der Waals surface area contributed by atoms with Crippen molar-refractivity contribution in [3.63, 3.8) is 0 Å². The Morgan fingerprint density at radius 3 is 2.49 bits per heavy atom. The fourth-order valence-electron chi connectivity index (χ4n) is 5.40. The first kappa shape index (κ1) is 27.1. The van der Waals surface area contributed by atoms with Crippen molar-refractivity contribution in [2.45, 2.75) is 67.6 Å². The number of anilines is 1. The smallest absolute Gasteiger partial charge is 0.231 e. The van der Waals surface area contributed by atoms with E-state index < -0.39 is 4.75 Å². The third kappa shape index (κ3) is 6.07. The summed E-state index contributed by atoms with van der Waals surface area (Å²) in [5.41, 5.74) is 4.62. The number of benzene rings is 3. The molecular formula is C32H36N2O4S. The highest BCUT2D eigenvalue weighted by Crippen LogP contribution is 2.47. The monoisotopic (exact) mass is 544 g/mol. The Morgan fingerprint density at radius 2 is 1.74 bits per heavy atom. The summed E-state index contributed by atoms with van der Waals surface area (Å²) in [7, 11) is 3.26. The molecule has 7 heteroatoms. The summed E-state index contributed by atoms with van der Waals surface area (Å²) >= 11 is 1.63. The molecule has 2 atom stereocenters. The highest BCUT2D eigenvalue weighted by molar-refractivity contribution is 8.00. The molecule has 39 heavy (non-hydrogen) atoms. The van der Waals surface area contributed by atoms with Gasteiger partial charge in [-0.2, -0.15) is 5.26 Å². The molecule has 6 nitrogen and oxygen atoms in total. The van der Waals surface area contributed by atoms with Gasteiger partial charge in [-0.05, 0) is 74.1 Å². The van der Waals surface area contributed by atoms with E-state index in [2.05, 4.69) is 54.7 Å². The average molecular weight is 545 g/mol. The number of hydrogen-bond donors (Lipinski definition) is 1. The molecule has 2 unspecified atom stereocenters. The highest BCUT2D eigenvalue weighted by Gasteiger charge is 2.34. The summed E-state index contributed by atoms with van der Waals surface area (Å²) < 4.78 is 21.4. The Balaban J connectivity index is 1.23. The molecule has 0 amide bonds. The molecule has 0 bridgehead atoms. The van der Waals surface area contributed by atoms with Gasteiger partial charge < -0.3 is 24.3 Å². The standard InChI is InChI=1S/C32H36N2O4S/c1-22-8-13-26(14-9-22)39-32(20-33,24-11-15-28(35-2)29(18-24)36-3)16-6-4-5-7-25-12-10-23-17-30-31(38-21-37-30)19-27(23)34-25/h8-9,11,13-15,17-19,25,34H,4-7,10,12,16,21H2,1-3H3. The van der Waals surface area contributed by atoms with Crippen LogP contribution in [0.5, 0.6) is 23.0 Å². The van der Waals surface area contributed by atoms with E-state index in [0.29, 0.717) is 24.3 Å². The molecule has 2 aliphatic rings. The molecule has 0 saturated heterocycles. The fourth-order valence-corrected chi connectivity index (χ4v) is 6.61. The van der Waals surface area contributed by atoms with Crippen molar-refractivity contribution < 1.29 is 18.9 Å². The van der Waals surface area contributed by atoms with Crippen molar-refractivity contribution in [2.75, 3.05) is 26.3 Å². The zero-order valence-electron chi connectivity index (χ0n) is 22.9. The first-order valence-corrected chi connectivity index (χ1v) is 14.4. The second-order valence-corrected chi connectivity index (χ2v) is 11.6. The number of aryl methyl sites for hydroxylation is 2. The Morgan fingerprint density at radius 1 is 0.974 bits per heavy atom. The zero-order chi connectivity index (χ0) is 27.2. The third-order valence-electron chi connectivity index (χ3n) is 7.65. The topological polar surface area (TPSA) is 72.7 Å². The largest absolute Gasteiger partial charge is 0.493 e. The number of nitriles is 1. The van der Waals surface area contributed by atoms with Crippen molar-refractivity contribution in [1.29, 1.82) is 5.26 Å². The number of unbranched alkanes of at least 4 members (excludes halogenated alkanes) is 2. The summed E-state index contributed by atoms with van der Waals surface area (Å²) in [4.78, 5) is 1.09. The van der Waals surface area contributed by atoms with E-state index in [0.717, 1.165) is 66.9 Å². The van der Waals surface area contributed by atoms with Crippen LogP contribution in [0.2, 0.25) is 0 Å². The minimum atomic E-state index is -0.723. The Labute approximate surface area is 235 Å². The predicted octanol–water partition coefficient (Wildman–Crippen LogP) is 7.63. The van der Waals surface area contributed by atoms with Crippen molar-refractivity contribution in [2.24, 2.45) is 0 Å². The maximum Gasteiger partial charge on any atom is 0.231 e. The minimum Gasteiger partial charge on any atom is -0.493 e. The van der Waals surface area contributed by atoms with Gasteiger partial charge in [0.1, 0.15) is 4.75 Å². The Bertz CT molecular complexity index is 1340. The van der Waals surface area contributed by atoms with Crippen molar-refractivity contribution >= 4 is 17.4 Å². The van der Waals surface area contributed by atoms with Gasteiger partial charge in [0.2, 0.25) is 6.79 Å². The van der Waals surface area contributed by atoms with Gasteiger partial charge in [0.15, 0.2) is 23.0 Å². The molecule has 2 heterocycles. The maximum atomic E-state index is 10.6. The second kappa shape index (κ2) is 12.1. The second-order valence-electron chi connectivity index (χ2n) is 10.3. The van der Waals surface area contributed by atoms with E-state index in [4.69, 9.17) is 18.9 Å². The molecule has 0 fully saturated rings. The predicted molar refractivity (Wildman–Crippen MR) is 155 cm³/mol. The Kier molecular flexibility index (Phi) is 8.42. The average Bonchev–Trinajstić information content (AvgIpc) is 3.43. The molecule has 3 aromatic rings. The quantitative estimate of drug-likeness (QED) is 0.196. The first-order chi connectivity index (χ1) is 19.0. The fraction of sp³-hybridized carbons (Fsp3) is 0.406. The number of hydrogen-bond acceptors (Lipinski definition) is 7. The van der Waals surface area contributed by atoms with Gasteiger partial charge >= 0.3 is 0 Å². The molecule has 0 aromatic heterocycles. The van der Waals surface area contributed by atoms with E-state index in [-0.39, 0.29) is 0 Å². The van der Waals surface area contributed by atoms with E-state index in [1.807, 2.05) is 18.2 Å². The van der Waals surface area contributed by atoms with Gasteiger partial charge in [-0.25, -0.2) is 0 Å². The van der Waals surface area contributed by atoms with Gasteiger partial charge in [-0.15, -0.1) is 0 Å². The zero-order valence-corrected chi connectivity index (χ0v) is 23.7. The van der Waals surface area contributed by atoms with Crippen LogP contribution >= 0.6 is 11.8 Å². The van der Waals surface area contributed by atoms with Gasteiger partial charge in [0.25, 0.3) is 0 Å². The summed E-state index contributed by atoms with van der Waals surface area (Å²) in [6.45, 7) is 2.38. The summed E-state index contributed by atoms with van der Waals surface area (Å²) in [6, 6.07) is 21.6. The number of nitrogens with one attached hydrogen (secondary N) is 1. The number of methoxy groups -OCH3 is 2. The van der Waals surface area contributed by atoms with Gasteiger partial charge in [0.05, 0.1) is 20.3 Å². The molecule has 0 radical (unpaired) electrons. The van der Waals surface area contributed by atoms with Gasteiger partial charge in [0, 0.05) is 22.7 Å². The van der Waals surface area contributed by atoms with Crippen molar-refractivity contribution in [3.05, 3.63) is 71.3 Å². The van der Waals surface area contributed by atoms with E-state index in [1.54, 1.807) is 26.0 Å². The molecule has 3 aromatic carbocycles.